The molecule has 0 bridgehead atoms. The number of hydrogen-bond donors (Lipinski definition) is 1. The molecule has 0 saturated carbocycles. The minimum atomic E-state index is 0.905. The predicted molar refractivity (Wildman–Crippen MR) is 101 cm³/mol. The van der Waals surface area contributed by atoms with Crippen LogP contribution in [-0.4, -0.2) is 15.8 Å². The Labute approximate surface area is 140 Å². The highest BCUT2D eigenvalue weighted by Gasteiger charge is 2.09. The van der Waals surface area contributed by atoms with Crippen LogP contribution in [0.5, 0.6) is 0 Å². The zero-order chi connectivity index (χ0) is 16.5. The van der Waals surface area contributed by atoms with Gasteiger partial charge in [-0.15, -0.1) is 0 Å². The molecule has 4 heteroatoms. The molecule has 1 N–H and O–H groups in total. The number of aryl methyl sites for hydroxylation is 1. The molecule has 2 heterocycles. The van der Waals surface area contributed by atoms with Crippen LogP contribution in [0.25, 0.3) is 21.8 Å². The summed E-state index contributed by atoms with van der Waals surface area (Å²) in [6.07, 6.45) is 3.69. The molecule has 0 aliphatic heterocycles. The molecule has 0 spiro atoms. The van der Waals surface area contributed by atoms with Crippen molar-refractivity contribution in [2.75, 3.05) is 5.43 Å². The standard InChI is InChI=1S/C20H18N4/c1-14-17(16-9-3-4-11-19(16)24(14)2)13-22-23-18-10-5-7-15-8-6-12-21-20(15)18/h3-13,23H,1-2H3. The van der Waals surface area contributed by atoms with E-state index in [0.29, 0.717) is 0 Å². The van der Waals surface area contributed by atoms with Crippen molar-refractivity contribution in [3.8, 4) is 0 Å². The topological polar surface area (TPSA) is 42.2 Å². The molecule has 0 aliphatic rings. The van der Waals surface area contributed by atoms with E-state index in [-0.39, 0.29) is 0 Å². The number of hydrazone groups is 1. The maximum Gasteiger partial charge on any atom is 0.0951 e. The van der Waals surface area contributed by atoms with Crippen molar-refractivity contribution in [2.24, 2.45) is 12.1 Å². The highest BCUT2D eigenvalue weighted by Crippen LogP contribution is 2.24. The molecule has 2 aromatic carbocycles. The fraction of sp³-hybridized carbons (Fsp3) is 0.100. The van der Waals surface area contributed by atoms with Crippen molar-refractivity contribution in [3.05, 3.63) is 72.1 Å². The minimum absolute atomic E-state index is 0.905. The molecule has 118 valence electrons. The van der Waals surface area contributed by atoms with E-state index < -0.39 is 0 Å². The van der Waals surface area contributed by atoms with Gasteiger partial charge in [0, 0.05) is 40.8 Å². The number of nitrogens with zero attached hydrogens (tertiary/aromatic N) is 3. The van der Waals surface area contributed by atoms with Crippen molar-refractivity contribution in [1.29, 1.82) is 0 Å². The first-order valence-electron chi connectivity index (χ1n) is 7.92. The quantitative estimate of drug-likeness (QED) is 0.447. The zero-order valence-corrected chi connectivity index (χ0v) is 13.7. The molecule has 0 amide bonds. The fourth-order valence-corrected chi connectivity index (χ4v) is 3.07. The maximum atomic E-state index is 4.46. The van der Waals surface area contributed by atoms with Crippen LogP contribution < -0.4 is 5.43 Å². The summed E-state index contributed by atoms with van der Waals surface area (Å²) in [4.78, 5) is 4.44. The molecule has 0 unspecified atom stereocenters. The molecule has 0 aliphatic carbocycles. The van der Waals surface area contributed by atoms with Crippen molar-refractivity contribution in [2.45, 2.75) is 6.92 Å². The zero-order valence-electron chi connectivity index (χ0n) is 13.7. The first-order valence-corrected chi connectivity index (χ1v) is 7.92. The van der Waals surface area contributed by atoms with E-state index >= 15 is 0 Å². The van der Waals surface area contributed by atoms with E-state index in [1.807, 2.05) is 36.5 Å². The molecular formula is C20H18N4. The number of aromatic nitrogens is 2. The second-order valence-electron chi connectivity index (χ2n) is 5.83. The molecule has 4 aromatic rings. The van der Waals surface area contributed by atoms with Crippen LogP contribution in [0.3, 0.4) is 0 Å². The van der Waals surface area contributed by atoms with Crippen LogP contribution in [-0.2, 0) is 7.05 Å². The summed E-state index contributed by atoms with van der Waals surface area (Å²) in [7, 11) is 2.08. The summed E-state index contributed by atoms with van der Waals surface area (Å²) < 4.78 is 2.19. The first kappa shape index (κ1) is 14.5. The highest BCUT2D eigenvalue weighted by atomic mass is 15.3. The van der Waals surface area contributed by atoms with E-state index in [0.717, 1.165) is 22.2 Å². The lowest BCUT2D eigenvalue weighted by molar-refractivity contribution is 0.916. The van der Waals surface area contributed by atoms with Gasteiger partial charge in [-0.3, -0.25) is 10.4 Å². The lowest BCUT2D eigenvalue weighted by Gasteiger charge is -2.04. The normalized spacial score (nSPS) is 11.6. The molecule has 0 radical (unpaired) electrons. The first-order chi connectivity index (χ1) is 11.8. The summed E-state index contributed by atoms with van der Waals surface area (Å²) in [5.41, 5.74) is 8.50. The van der Waals surface area contributed by atoms with Crippen LogP contribution in [0.15, 0.2) is 65.9 Å². The lowest BCUT2D eigenvalue weighted by atomic mass is 10.1. The number of rotatable bonds is 3. The highest BCUT2D eigenvalue weighted by molar-refractivity contribution is 6.01. The van der Waals surface area contributed by atoms with Gasteiger partial charge in [-0.1, -0.05) is 36.4 Å². The molecule has 24 heavy (non-hydrogen) atoms. The van der Waals surface area contributed by atoms with E-state index in [4.69, 9.17) is 0 Å². The van der Waals surface area contributed by atoms with Gasteiger partial charge in [-0.05, 0) is 25.1 Å². The van der Waals surface area contributed by atoms with Gasteiger partial charge in [-0.2, -0.15) is 5.10 Å². The average Bonchev–Trinajstić information content (AvgIpc) is 2.87. The molecule has 2 aromatic heterocycles. The Bertz CT molecular complexity index is 1050. The summed E-state index contributed by atoms with van der Waals surface area (Å²) in [6.45, 7) is 2.11. The van der Waals surface area contributed by atoms with Crippen molar-refractivity contribution in [1.82, 2.24) is 9.55 Å². The van der Waals surface area contributed by atoms with Gasteiger partial charge < -0.3 is 4.57 Å². The third kappa shape index (κ3) is 2.33. The molecular weight excluding hydrogens is 296 g/mol. The third-order valence-electron chi connectivity index (χ3n) is 4.46. The summed E-state index contributed by atoms with van der Waals surface area (Å²) in [5.74, 6) is 0. The Balaban J connectivity index is 1.70. The molecule has 4 nitrogen and oxygen atoms in total. The lowest BCUT2D eigenvalue weighted by Crippen LogP contribution is -1.95. The number of hydrogen-bond acceptors (Lipinski definition) is 3. The Morgan fingerprint density at radius 1 is 1.04 bits per heavy atom. The van der Waals surface area contributed by atoms with Gasteiger partial charge in [0.15, 0.2) is 0 Å². The number of fused-ring (bicyclic) bond motifs is 2. The molecule has 0 saturated heterocycles. The Kier molecular flexibility index (Phi) is 3.50. The SMILES string of the molecule is Cc1c(C=NNc2cccc3cccnc23)c2ccccc2n1C. The van der Waals surface area contributed by atoms with Crippen molar-refractivity contribution >= 4 is 33.7 Å². The number of pyridine rings is 1. The number of para-hydroxylation sites is 2. The smallest absolute Gasteiger partial charge is 0.0951 e. The van der Waals surface area contributed by atoms with Crippen LogP contribution in [0.2, 0.25) is 0 Å². The van der Waals surface area contributed by atoms with Gasteiger partial charge in [0.1, 0.15) is 0 Å². The predicted octanol–water partition coefficient (Wildman–Crippen LogP) is 4.48. The summed E-state index contributed by atoms with van der Waals surface area (Å²) in [6, 6.07) is 18.4. The van der Waals surface area contributed by atoms with Gasteiger partial charge >= 0.3 is 0 Å². The van der Waals surface area contributed by atoms with Crippen molar-refractivity contribution in [3.63, 3.8) is 0 Å². The Hall–Kier alpha value is -3.14. The number of nitrogens with one attached hydrogen (secondary N) is 1. The Morgan fingerprint density at radius 2 is 1.88 bits per heavy atom. The molecule has 0 atom stereocenters. The van der Waals surface area contributed by atoms with Gasteiger partial charge in [-0.25, -0.2) is 0 Å². The second-order valence-corrected chi connectivity index (χ2v) is 5.83. The monoisotopic (exact) mass is 314 g/mol. The fourth-order valence-electron chi connectivity index (χ4n) is 3.07. The minimum Gasteiger partial charge on any atom is -0.347 e. The molecule has 0 fully saturated rings. The van der Waals surface area contributed by atoms with Gasteiger partial charge in [0.05, 0.1) is 17.4 Å². The Morgan fingerprint density at radius 3 is 2.79 bits per heavy atom. The molecule has 4 rings (SSSR count). The summed E-state index contributed by atoms with van der Waals surface area (Å²) in [5, 5.41) is 6.76. The van der Waals surface area contributed by atoms with Gasteiger partial charge in [0.25, 0.3) is 0 Å². The van der Waals surface area contributed by atoms with Crippen LogP contribution in [0.1, 0.15) is 11.3 Å². The largest absolute Gasteiger partial charge is 0.347 e. The average molecular weight is 314 g/mol. The maximum absolute atomic E-state index is 4.46. The van der Waals surface area contributed by atoms with E-state index in [1.165, 1.54) is 16.6 Å². The van der Waals surface area contributed by atoms with Crippen LogP contribution >= 0.6 is 0 Å². The number of anilines is 1. The third-order valence-corrected chi connectivity index (χ3v) is 4.46. The number of benzene rings is 2. The van der Waals surface area contributed by atoms with Crippen LogP contribution in [0, 0.1) is 6.92 Å². The van der Waals surface area contributed by atoms with Crippen LogP contribution in [0.4, 0.5) is 5.69 Å². The second kappa shape index (κ2) is 5.81. The van der Waals surface area contributed by atoms with E-state index in [2.05, 4.69) is 58.3 Å². The summed E-state index contributed by atoms with van der Waals surface area (Å²) >= 11 is 0. The van der Waals surface area contributed by atoms with Crippen molar-refractivity contribution < 1.29 is 0 Å². The van der Waals surface area contributed by atoms with E-state index in [9.17, 15) is 0 Å². The van der Waals surface area contributed by atoms with E-state index in [1.54, 1.807) is 6.20 Å². The van der Waals surface area contributed by atoms with Gasteiger partial charge in [0.2, 0.25) is 0 Å².